The van der Waals surface area contributed by atoms with Gasteiger partial charge in [0.05, 0.1) is 10.5 Å². The Bertz CT molecular complexity index is 1010. The number of rotatable bonds is 7. The Kier molecular flexibility index (Phi) is 6.48. The zero-order chi connectivity index (χ0) is 21.7. The molecule has 10 nitrogen and oxygen atoms in total. The maximum atomic E-state index is 12.5. The first-order valence-corrected chi connectivity index (χ1v) is 9.25. The number of nitrogens with one attached hydrogen (secondary N) is 2. The molecule has 0 saturated carbocycles. The van der Waals surface area contributed by atoms with Crippen LogP contribution in [-0.2, 0) is 16.1 Å². The molecule has 30 heavy (non-hydrogen) atoms. The van der Waals surface area contributed by atoms with Gasteiger partial charge in [0.1, 0.15) is 0 Å². The fourth-order valence-corrected chi connectivity index (χ4v) is 3.00. The summed E-state index contributed by atoms with van der Waals surface area (Å²) in [5.74, 6) is -1.62. The van der Waals surface area contributed by atoms with E-state index < -0.39 is 29.4 Å². The Morgan fingerprint density at radius 1 is 1.27 bits per heavy atom. The molecule has 0 bridgehead atoms. The Balaban J connectivity index is 1.75. The molecule has 0 aromatic heterocycles. The Labute approximate surface area is 175 Å². The number of anilines is 1. The Hall–Kier alpha value is -3.66. The number of urea groups is 1. The van der Waals surface area contributed by atoms with Gasteiger partial charge in [0, 0.05) is 42.5 Å². The lowest BCUT2D eigenvalue weighted by Gasteiger charge is -2.14. The molecule has 0 radical (unpaired) electrons. The topological polar surface area (TPSA) is 131 Å². The second kappa shape index (κ2) is 9.23. The van der Waals surface area contributed by atoms with Crippen molar-refractivity contribution in [3.05, 3.63) is 68.7 Å². The maximum absolute atomic E-state index is 12.5. The number of carbonyl (C=O) groups is 3. The van der Waals surface area contributed by atoms with Crippen molar-refractivity contribution in [2.45, 2.75) is 6.54 Å². The van der Waals surface area contributed by atoms with E-state index in [1.165, 1.54) is 12.1 Å². The second-order valence-corrected chi connectivity index (χ2v) is 6.69. The first-order chi connectivity index (χ1) is 14.4. The van der Waals surface area contributed by atoms with Gasteiger partial charge in [-0.2, -0.15) is 0 Å². The predicted octanol–water partition coefficient (Wildman–Crippen LogP) is 2.57. The highest BCUT2D eigenvalue weighted by Gasteiger charge is 2.27. The molecule has 0 unspecified atom stereocenters. The number of halogens is 1. The molecule has 156 valence electrons. The van der Waals surface area contributed by atoms with E-state index in [-0.39, 0.29) is 30.0 Å². The molecule has 3 amide bonds. The number of amides is 3. The minimum absolute atomic E-state index is 0.116. The first-order valence-electron chi connectivity index (χ1n) is 8.88. The molecule has 2 aromatic rings. The minimum Gasteiger partial charge on any atom is -0.452 e. The van der Waals surface area contributed by atoms with Crippen molar-refractivity contribution in [3.63, 3.8) is 0 Å². The third-order valence-corrected chi connectivity index (χ3v) is 4.71. The van der Waals surface area contributed by atoms with Crippen molar-refractivity contribution in [1.29, 1.82) is 0 Å². The van der Waals surface area contributed by atoms with Gasteiger partial charge in [-0.05, 0) is 17.7 Å². The van der Waals surface area contributed by atoms with Crippen LogP contribution in [0, 0.1) is 10.1 Å². The van der Waals surface area contributed by atoms with Crippen LogP contribution in [0.25, 0.3) is 0 Å². The number of carbonyl (C=O) groups excluding carboxylic acids is 3. The van der Waals surface area contributed by atoms with E-state index in [2.05, 4.69) is 10.6 Å². The Morgan fingerprint density at radius 3 is 2.70 bits per heavy atom. The zero-order valence-corrected chi connectivity index (χ0v) is 16.3. The molecule has 2 aromatic carbocycles. The van der Waals surface area contributed by atoms with Gasteiger partial charge in [-0.25, -0.2) is 9.59 Å². The summed E-state index contributed by atoms with van der Waals surface area (Å²) < 4.78 is 5.00. The van der Waals surface area contributed by atoms with Gasteiger partial charge in [-0.1, -0.05) is 29.8 Å². The lowest BCUT2D eigenvalue weighted by atomic mass is 10.1. The van der Waals surface area contributed by atoms with Crippen molar-refractivity contribution in [3.8, 4) is 0 Å². The summed E-state index contributed by atoms with van der Waals surface area (Å²) in [6.45, 7) is 0.0831. The van der Waals surface area contributed by atoms with Gasteiger partial charge < -0.3 is 15.4 Å². The molecule has 0 spiro atoms. The number of non-ortho nitro benzene ring substituents is 1. The summed E-state index contributed by atoms with van der Waals surface area (Å²) >= 11 is 6.12. The van der Waals surface area contributed by atoms with Gasteiger partial charge in [-0.3, -0.25) is 19.8 Å². The number of hydrogen-bond acceptors (Lipinski definition) is 7. The molecule has 1 heterocycles. The lowest BCUT2D eigenvalue weighted by molar-refractivity contribution is -0.384. The van der Waals surface area contributed by atoms with Crippen LogP contribution < -0.4 is 10.6 Å². The summed E-state index contributed by atoms with van der Waals surface area (Å²) in [6.07, 6.45) is 0. The van der Waals surface area contributed by atoms with Crippen LogP contribution in [0.5, 0.6) is 0 Å². The van der Waals surface area contributed by atoms with E-state index in [1.807, 2.05) is 0 Å². The number of nitrogens with zero attached hydrogens (tertiary/aromatic N) is 2. The van der Waals surface area contributed by atoms with E-state index in [0.717, 1.165) is 16.5 Å². The summed E-state index contributed by atoms with van der Waals surface area (Å²) in [6, 6.07) is 10.2. The van der Waals surface area contributed by atoms with E-state index >= 15 is 0 Å². The van der Waals surface area contributed by atoms with Crippen molar-refractivity contribution < 1.29 is 24.0 Å². The van der Waals surface area contributed by atoms with E-state index in [4.69, 9.17) is 16.3 Å². The van der Waals surface area contributed by atoms with Crippen LogP contribution in [0.2, 0.25) is 5.02 Å². The van der Waals surface area contributed by atoms with Crippen LogP contribution in [0.3, 0.4) is 0 Å². The molecule has 11 heteroatoms. The number of esters is 1. The molecule has 1 aliphatic heterocycles. The fraction of sp³-hybridized carbons (Fsp3) is 0.211. The summed E-state index contributed by atoms with van der Waals surface area (Å²) in [5, 5.41) is 17.1. The summed E-state index contributed by atoms with van der Waals surface area (Å²) in [7, 11) is 0. The van der Waals surface area contributed by atoms with Crippen LogP contribution in [0.1, 0.15) is 15.9 Å². The third-order valence-electron chi connectivity index (χ3n) is 4.35. The average Bonchev–Trinajstić information content (AvgIpc) is 3.17. The number of benzene rings is 2. The lowest BCUT2D eigenvalue weighted by Crippen LogP contribution is -2.37. The fourth-order valence-electron chi connectivity index (χ4n) is 2.79. The van der Waals surface area contributed by atoms with Crippen LogP contribution in [-0.4, -0.2) is 47.4 Å². The van der Waals surface area contributed by atoms with Gasteiger partial charge in [0.15, 0.2) is 6.61 Å². The molecule has 0 aliphatic carbocycles. The van der Waals surface area contributed by atoms with Crippen LogP contribution in [0.4, 0.5) is 16.2 Å². The molecular formula is C19H17ClN4O6. The van der Waals surface area contributed by atoms with E-state index in [1.54, 1.807) is 24.3 Å². The molecule has 1 saturated heterocycles. The quantitative estimate of drug-likeness (QED) is 0.390. The normalized spacial score (nSPS) is 13.0. The standard InChI is InChI=1S/C19H17ClN4O6/c20-15-4-2-1-3-12(15)10-22-16-6-5-13(24(28)29)9-14(16)18(26)30-11-17(25)23-8-7-21-19(23)27/h1-6,9,22H,7-8,10-11H2,(H,21,27). The van der Waals surface area contributed by atoms with Gasteiger partial charge in [-0.15, -0.1) is 0 Å². The van der Waals surface area contributed by atoms with Crippen molar-refractivity contribution in [2.75, 3.05) is 25.0 Å². The highest BCUT2D eigenvalue weighted by molar-refractivity contribution is 6.31. The molecule has 2 N–H and O–H groups in total. The first kappa shape index (κ1) is 21.1. The van der Waals surface area contributed by atoms with Crippen LogP contribution in [0.15, 0.2) is 42.5 Å². The number of ether oxygens (including phenoxy) is 1. The highest BCUT2D eigenvalue weighted by atomic mass is 35.5. The van der Waals surface area contributed by atoms with Crippen molar-refractivity contribution in [1.82, 2.24) is 10.2 Å². The van der Waals surface area contributed by atoms with Gasteiger partial charge in [0.25, 0.3) is 11.6 Å². The molecule has 1 aliphatic rings. The summed E-state index contributed by atoms with van der Waals surface area (Å²) in [4.78, 5) is 47.5. The highest BCUT2D eigenvalue weighted by Crippen LogP contribution is 2.25. The van der Waals surface area contributed by atoms with Crippen molar-refractivity contribution >= 4 is 40.9 Å². The largest absolute Gasteiger partial charge is 0.452 e. The number of nitro benzene ring substituents is 1. The third kappa shape index (κ3) is 4.84. The molecule has 1 fully saturated rings. The van der Waals surface area contributed by atoms with Crippen molar-refractivity contribution in [2.24, 2.45) is 0 Å². The number of hydrogen-bond donors (Lipinski definition) is 2. The SMILES string of the molecule is O=C(OCC(=O)N1CCNC1=O)c1cc([N+](=O)[O-])ccc1NCc1ccccc1Cl. The van der Waals surface area contributed by atoms with E-state index in [9.17, 15) is 24.5 Å². The number of imide groups is 1. The second-order valence-electron chi connectivity index (χ2n) is 6.29. The van der Waals surface area contributed by atoms with Gasteiger partial charge in [0.2, 0.25) is 0 Å². The molecule has 3 rings (SSSR count). The number of nitro groups is 1. The Morgan fingerprint density at radius 2 is 2.03 bits per heavy atom. The smallest absolute Gasteiger partial charge is 0.341 e. The predicted molar refractivity (Wildman–Crippen MR) is 107 cm³/mol. The zero-order valence-electron chi connectivity index (χ0n) is 15.6. The summed E-state index contributed by atoms with van der Waals surface area (Å²) in [5.41, 5.74) is 0.606. The molecular weight excluding hydrogens is 416 g/mol. The molecule has 0 atom stereocenters. The monoisotopic (exact) mass is 432 g/mol. The van der Waals surface area contributed by atoms with Crippen LogP contribution >= 0.6 is 11.6 Å². The average molecular weight is 433 g/mol. The minimum atomic E-state index is -0.937. The van der Waals surface area contributed by atoms with Gasteiger partial charge >= 0.3 is 12.0 Å². The maximum Gasteiger partial charge on any atom is 0.341 e. The van der Waals surface area contributed by atoms with E-state index in [0.29, 0.717) is 11.6 Å².